The van der Waals surface area contributed by atoms with Crippen LogP contribution in [0.4, 0.5) is 0 Å². The lowest BCUT2D eigenvalue weighted by molar-refractivity contribution is 0.0600. The summed E-state index contributed by atoms with van der Waals surface area (Å²) in [4.78, 5) is 11.9. The molecule has 0 atom stereocenters. The monoisotopic (exact) mass is 452 g/mol. The van der Waals surface area contributed by atoms with E-state index >= 15 is 0 Å². The fraction of sp³-hybridized carbons (Fsp3) is 0.350. The number of esters is 1. The summed E-state index contributed by atoms with van der Waals surface area (Å²) in [7, 11) is -6.14. The van der Waals surface area contributed by atoms with Gasteiger partial charge in [-0.05, 0) is 55.7 Å². The van der Waals surface area contributed by atoms with E-state index in [2.05, 4.69) is 9.46 Å². The highest BCUT2D eigenvalue weighted by atomic mass is 32.2. The molecule has 8 nitrogen and oxygen atoms in total. The van der Waals surface area contributed by atoms with E-state index in [1.165, 1.54) is 41.7 Å². The van der Waals surface area contributed by atoms with Gasteiger partial charge in [0.2, 0.25) is 20.0 Å². The van der Waals surface area contributed by atoms with Gasteiger partial charge in [0.1, 0.15) is 0 Å². The van der Waals surface area contributed by atoms with Gasteiger partial charge in [0.25, 0.3) is 0 Å². The van der Waals surface area contributed by atoms with Crippen molar-refractivity contribution in [1.82, 2.24) is 9.03 Å². The molecule has 1 aliphatic heterocycles. The van der Waals surface area contributed by atoms with Crippen LogP contribution in [0.25, 0.3) is 0 Å². The van der Waals surface area contributed by atoms with E-state index in [4.69, 9.17) is 0 Å². The minimum Gasteiger partial charge on any atom is -0.465 e. The van der Waals surface area contributed by atoms with Crippen LogP contribution in [-0.4, -0.2) is 53.4 Å². The molecule has 1 heterocycles. The molecular formula is C20H24N2O6S2. The number of methoxy groups -OCH3 is 1. The number of aryl methyl sites for hydroxylation is 1. The van der Waals surface area contributed by atoms with Gasteiger partial charge < -0.3 is 4.74 Å². The fourth-order valence-corrected chi connectivity index (χ4v) is 6.43. The highest BCUT2D eigenvalue weighted by Crippen LogP contribution is 2.25. The van der Waals surface area contributed by atoms with Crippen LogP contribution in [-0.2, 0) is 24.8 Å². The first kappa shape index (κ1) is 22.4. The van der Waals surface area contributed by atoms with Gasteiger partial charge >= 0.3 is 5.97 Å². The highest BCUT2D eigenvalue weighted by Gasteiger charge is 2.32. The number of ether oxygens (including phenoxy) is 1. The lowest BCUT2D eigenvalue weighted by Gasteiger charge is -2.31. The van der Waals surface area contributed by atoms with Gasteiger partial charge in [0.05, 0.1) is 22.5 Å². The molecule has 1 aliphatic rings. The van der Waals surface area contributed by atoms with Gasteiger partial charge in [0.15, 0.2) is 0 Å². The van der Waals surface area contributed by atoms with E-state index < -0.39 is 26.0 Å². The van der Waals surface area contributed by atoms with Crippen LogP contribution < -0.4 is 4.72 Å². The first-order chi connectivity index (χ1) is 14.1. The molecule has 0 unspecified atom stereocenters. The lowest BCUT2D eigenvalue weighted by atomic mass is 10.1. The van der Waals surface area contributed by atoms with Crippen LogP contribution in [0.2, 0.25) is 0 Å². The van der Waals surface area contributed by atoms with Gasteiger partial charge in [-0.25, -0.2) is 26.4 Å². The number of rotatable bonds is 6. The second-order valence-corrected chi connectivity index (χ2v) is 10.7. The Morgan fingerprint density at radius 3 is 2.23 bits per heavy atom. The molecule has 30 heavy (non-hydrogen) atoms. The molecule has 1 fully saturated rings. The van der Waals surface area contributed by atoms with E-state index in [9.17, 15) is 21.6 Å². The van der Waals surface area contributed by atoms with Crippen molar-refractivity contribution in [2.45, 2.75) is 35.6 Å². The largest absolute Gasteiger partial charge is 0.465 e. The van der Waals surface area contributed by atoms with Crippen molar-refractivity contribution in [1.29, 1.82) is 0 Å². The topological polar surface area (TPSA) is 110 Å². The molecule has 0 aromatic heterocycles. The van der Waals surface area contributed by atoms with Crippen LogP contribution in [0.1, 0.15) is 28.8 Å². The van der Waals surface area contributed by atoms with E-state index in [-0.39, 0.29) is 34.5 Å². The number of piperidine rings is 1. The number of hydrogen-bond donors (Lipinski definition) is 1. The summed E-state index contributed by atoms with van der Waals surface area (Å²) in [5.41, 5.74) is 0.729. The molecule has 3 rings (SSSR count). The normalized spacial score (nSPS) is 16.3. The van der Waals surface area contributed by atoms with Gasteiger partial charge in [0, 0.05) is 19.1 Å². The van der Waals surface area contributed by atoms with Gasteiger partial charge in [-0.3, -0.25) is 0 Å². The summed E-state index contributed by atoms with van der Waals surface area (Å²) in [5.74, 6) is -0.534. The average Bonchev–Trinajstić information content (AvgIpc) is 2.73. The minimum atomic E-state index is -3.76. The summed E-state index contributed by atoms with van der Waals surface area (Å²) in [5, 5.41) is 0. The standard InChI is InChI=1S/C20H24N2O6S2/c1-15-14-16(20(23)28-2)8-9-19(15)30(26,27)22-12-10-17(11-13-22)21-29(24,25)18-6-4-3-5-7-18/h3-9,14,17,21H,10-13H2,1-2H3. The third-order valence-corrected chi connectivity index (χ3v) is 8.64. The van der Waals surface area contributed by atoms with Crippen molar-refractivity contribution in [3.63, 3.8) is 0 Å². The summed E-state index contributed by atoms with van der Waals surface area (Å²) in [6.07, 6.45) is 0.731. The number of carbonyl (C=O) groups is 1. The van der Waals surface area contributed by atoms with Crippen LogP contribution in [0.15, 0.2) is 58.3 Å². The Morgan fingerprint density at radius 1 is 1.03 bits per heavy atom. The zero-order valence-electron chi connectivity index (χ0n) is 16.7. The van der Waals surface area contributed by atoms with Crippen molar-refractivity contribution in [3.05, 3.63) is 59.7 Å². The zero-order valence-corrected chi connectivity index (χ0v) is 18.4. The van der Waals surface area contributed by atoms with Crippen molar-refractivity contribution >= 4 is 26.0 Å². The molecule has 0 bridgehead atoms. The van der Waals surface area contributed by atoms with E-state index in [1.807, 2.05) is 0 Å². The minimum absolute atomic E-state index is 0.124. The Hall–Kier alpha value is -2.27. The maximum absolute atomic E-state index is 13.0. The Bertz CT molecular complexity index is 1120. The quantitative estimate of drug-likeness (QED) is 0.671. The predicted octanol–water partition coefficient (Wildman–Crippen LogP) is 1.91. The average molecular weight is 453 g/mol. The Balaban J connectivity index is 1.69. The maximum atomic E-state index is 13.0. The van der Waals surface area contributed by atoms with Crippen LogP contribution >= 0.6 is 0 Å². The SMILES string of the molecule is COC(=O)c1ccc(S(=O)(=O)N2CCC(NS(=O)(=O)c3ccccc3)CC2)c(C)c1. The maximum Gasteiger partial charge on any atom is 0.337 e. The summed E-state index contributed by atoms with van der Waals surface area (Å²) >= 11 is 0. The molecule has 2 aromatic rings. The smallest absolute Gasteiger partial charge is 0.337 e. The molecular weight excluding hydrogens is 428 g/mol. The van der Waals surface area contributed by atoms with Crippen molar-refractivity contribution in [2.75, 3.05) is 20.2 Å². The Kier molecular flexibility index (Phi) is 6.61. The van der Waals surface area contributed by atoms with Gasteiger partial charge in [-0.1, -0.05) is 18.2 Å². The Morgan fingerprint density at radius 2 is 1.67 bits per heavy atom. The van der Waals surface area contributed by atoms with Crippen molar-refractivity contribution in [3.8, 4) is 0 Å². The third kappa shape index (κ3) is 4.72. The number of carbonyl (C=O) groups excluding carboxylic acids is 1. The van der Waals surface area contributed by atoms with E-state index in [1.54, 1.807) is 25.1 Å². The van der Waals surface area contributed by atoms with E-state index in [0.717, 1.165) is 0 Å². The molecule has 0 saturated carbocycles. The van der Waals surface area contributed by atoms with Crippen molar-refractivity contribution < 1.29 is 26.4 Å². The summed E-state index contributed by atoms with van der Waals surface area (Å²) in [6, 6.07) is 12.0. The summed E-state index contributed by atoms with van der Waals surface area (Å²) in [6.45, 7) is 2.02. The summed E-state index contributed by atoms with van der Waals surface area (Å²) < 4.78 is 59.7. The molecule has 0 aliphatic carbocycles. The molecule has 0 radical (unpaired) electrons. The predicted molar refractivity (Wildman–Crippen MR) is 111 cm³/mol. The number of benzene rings is 2. The zero-order chi connectivity index (χ0) is 21.9. The second kappa shape index (κ2) is 8.84. The first-order valence-electron chi connectivity index (χ1n) is 9.41. The first-order valence-corrected chi connectivity index (χ1v) is 12.3. The third-order valence-electron chi connectivity index (χ3n) is 5.04. The molecule has 0 spiro atoms. The van der Waals surface area contributed by atoms with Gasteiger partial charge in [-0.15, -0.1) is 0 Å². The molecule has 0 amide bonds. The van der Waals surface area contributed by atoms with Crippen LogP contribution in [0.5, 0.6) is 0 Å². The number of nitrogens with zero attached hydrogens (tertiary/aromatic N) is 1. The highest BCUT2D eigenvalue weighted by molar-refractivity contribution is 7.89. The van der Waals surface area contributed by atoms with Crippen LogP contribution in [0.3, 0.4) is 0 Å². The van der Waals surface area contributed by atoms with E-state index in [0.29, 0.717) is 18.4 Å². The number of nitrogens with one attached hydrogen (secondary N) is 1. The molecule has 10 heteroatoms. The van der Waals surface area contributed by atoms with Crippen molar-refractivity contribution in [2.24, 2.45) is 0 Å². The second-order valence-electron chi connectivity index (χ2n) is 7.08. The number of hydrogen-bond acceptors (Lipinski definition) is 6. The van der Waals surface area contributed by atoms with Gasteiger partial charge in [-0.2, -0.15) is 4.31 Å². The number of sulfonamides is 2. The lowest BCUT2D eigenvalue weighted by Crippen LogP contribution is -2.46. The molecule has 162 valence electrons. The van der Waals surface area contributed by atoms with Crippen LogP contribution in [0, 0.1) is 6.92 Å². The molecule has 2 aromatic carbocycles. The molecule has 1 saturated heterocycles. The molecule has 1 N–H and O–H groups in total. The fourth-order valence-electron chi connectivity index (χ4n) is 3.42. The Labute approximate surface area is 177 Å².